The summed E-state index contributed by atoms with van der Waals surface area (Å²) in [4.78, 5) is 26.7. The predicted octanol–water partition coefficient (Wildman–Crippen LogP) is 2.61. The number of carbonyl (C=O) groups excluding carboxylic acids is 2. The Balaban J connectivity index is 1.51. The lowest BCUT2D eigenvalue weighted by Gasteiger charge is -2.22. The summed E-state index contributed by atoms with van der Waals surface area (Å²) in [6.45, 7) is 0.0567. The maximum absolute atomic E-state index is 13.6. The smallest absolute Gasteiger partial charge is 0.325 e. The van der Waals surface area contributed by atoms with E-state index in [4.69, 9.17) is 9.47 Å². The summed E-state index contributed by atoms with van der Waals surface area (Å²) >= 11 is 0. The first-order chi connectivity index (χ1) is 13.0. The van der Waals surface area contributed by atoms with Crippen LogP contribution in [0.3, 0.4) is 0 Å². The number of amides is 3. The molecular formula is C20H19FN2O4. The fraction of sp³-hybridized carbons (Fsp3) is 0.300. The van der Waals surface area contributed by atoms with E-state index in [2.05, 4.69) is 5.32 Å². The van der Waals surface area contributed by atoms with Gasteiger partial charge in [0.15, 0.2) is 11.6 Å². The average Bonchev–Trinajstić information content (AvgIpc) is 3.15. The largest absolute Gasteiger partial charge is 0.497 e. The molecule has 140 valence electrons. The molecule has 2 aliphatic rings. The Kier molecular flexibility index (Phi) is 4.22. The number of imide groups is 1. The van der Waals surface area contributed by atoms with Gasteiger partial charge in [-0.3, -0.25) is 9.69 Å². The summed E-state index contributed by atoms with van der Waals surface area (Å²) in [5.74, 6) is -0.0618. The lowest BCUT2D eigenvalue weighted by atomic mass is 9.91. The third-order valence-electron chi connectivity index (χ3n) is 5.13. The molecule has 1 aliphatic carbocycles. The Morgan fingerprint density at radius 2 is 2.04 bits per heavy atom. The van der Waals surface area contributed by atoms with E-state index in [-0.39, 0.29) is 24.8 Å². The third-order valence-corrected chi connectivity index (χ3v) is 5.13. The van der Waals surface area contributed by atoms with Crippen LogP contribution in [-0.4, -0.2) is 37.1 Å². The van der Waals surface area contributed by atoms with Gasteiger partial charge in [0, 0.05) is 0 Å². The minimum atomic E-state index is -1.06. The number of para-hydroxylation sites is 1. The molecular weight excluding hydrogens is 351 g/mol. The van der Waals surface area contributed by atoms with Crippen molar-refractivity contribution in [1.29, 1.82) is 0 Å². The summed E-state index contributed by atoms with van der Waals surface area (Å²) in [5.41, 5.74) is 0.741. The lowest BCUT2D eigenvalue weighted by Crippen LogP contribution is -2.42. The molecule has 1 saturated heterocycles. The molecule has 0 radical (unpaired) electrons. The van der Waals surface area contributed by atoms with Crippen molar-refractivity contribution in [2.45, 2.75) is 18.4 Å². The van der Waals surface area contributed by atoms with Crippen LogP contribution in [0, 0.1) is 5.82 Å². The van der Waals surface area contributed by atoms with Crippen molar-refractivity contribution < 1.29 is 23.5 Å². The van der Waals surface area contributed by atoms with Crippen LogP contribution in [0.5, 0.6) is 11.5 Å². The molecule has 1 aliphatic heterocycles. The maximum atomic E-state index is 13.6. The van der Waals surface area contributed by atoms with Gasteiger partial charge in [0.2, 0.25) is 0 Å². The molecule has 0 bridgehead atoms. The van der Waals surface area contributed by atoms with Crippen molar-refractivity contribution in [3.63, 3.8) is 0 Å². The minimum Gasteiger partial charge on any atom is -0.497 e. The van der Waals surface area contributed by atoms with Crippen LogP contribution in [0.15, 0.2) is 42.5 Å². The zero-order valence-corrected chi connectivity index (χ0v) is 14.8. The van der Waals surface area contributed by atoms with Gasteiger partial charge in [0.05, 0.1) is 13.7 Å². The number of benzene rings is 2. The summed E-state index contributed by atoms with van der Waals surface area (Å²) in [6.07, 6.45) is 1.20. The van der Waals surface area contributed by atoms with Crippen LogP contribution in [0.1, 0.15) is 17.5 Å². The fourth-order valence-corrected chi connectivity index (χ4v) is 3.74. The van der Waals surface area contributed by atoms with Crippen molar-refractivity contribution in [2.24, 2.45) is 0 Å². The SMILES string of the molecule is COc1ccc2c(c1)C1(CC2)NC(=O)N(CCOc2ccccc2F)C1=O. The molecule has 7 heteroatoms. The number of hydrogen-bond acceptors (Lipinski definition) is 4. The van der Waals surface area contributed by atoms with Crippen LogP contribution in [0.4, 0.5) is 9.18 Å². The van der Waals surface area contributed by atoms with Crippen LogP contribution in [0.2, 0.25) is 0 Å². The second kappa shape index (κ2) is 6.57. The second-order valence-electron chi connectivity index (χ2n) is 6.59. The van der Waals surface area contributed by atoms with Gasteiger partial charge < -0.3 is 14.8 Å². The number of urea groups is 1. The van der Waals surface area contributed by atoms with Crippen molar-refractivity contribution in [3.8, 4) is 11.5 Å². The van der Waals surface area contributed by atoms with Gasteiger partial charge in [0.25, 0.3) is 5.91 Å². The van der Waals surface area contributed by atoms with Crippen molar-refractivity contribution in [1.82, 2.24) is 10.2 Å². The van der Waals surface area contributed by atoms with E-state index < -0.39 is 17.4 Å². The summed E-state index contributed by atoms with van der Waals surface area (Å²) in [6, 6.07) is 11.1. The summed E-state index contributed by atoms with van der Waals surface area (Å²) in [5, 5.41) is 2.85. The number of halogens is 1. The molecule has 0 aromatic heterocycles. The lowest BCUT2D eigenvalue weighted by molar-refractivity contribution is -0.131. The van der Waals surface area contributed by atoms with E-state index in [1.807, 2.05) is 12.1 Å². The minimum absolute atomic E-state index is 0.0150. The van der Waals surface area contributed by atoms with Gasteiger partial charge in [-0.15, -0.1) is 0 Å². The Morgan fingerprint density at radius 3 is 2.81 bits per heavy atom. The molecule has 3 amide bonds. The van der Waals surface area contributed by atoms with E-state index in [1.54, 1.807) is 25.3 Å². The molecule has 4 rings (SSSR count). The number of fused-ring (bicyclic) bond motifs is 2. The van der Waals surface area contributed by atoms with E-state index in [0.717, 1.165) is 16.0 Å². The standard InChI is InChI=1S/C20H19FN2O4/c1-26-14-7-6-13-8-9-20(15(13)12-14)18(24)23(19(25)22-20)10-11-27-17-5-3-2-4-16(17)21/h2-7,12H,8-11H2,1H3,(H,22,25). The Bertz CT molecular complexity index is 917. The van der Waals surface area contributed by atoms with E-state index >= 15 is 0 Å². The number of nitrogens with zero attached hydrogens (tertiary/aromatic N) is 1. The van der Waals surface area contributed by atoms with E-state index in [0.29, 0.717) is 18.6 Å². The van der Waals surface area contributed by atoms with Gasteiger partial charge in [0.1, 0.15) is 17.9 Å². The molecule has 2 aromatic rings. The topological polar surface area (TPSA) is 67.9 Å². The number of rotatable bonds is 5. The zero-order valence-electron chi connectivity index (χ0n) is 14.8. The zero-order chi connectivity index (χ0) is 19.0. The molecule has 1 spiro atoms. The van der Waals surface area contributed by atoms with Gasteiger partial charge >= 0.3 is 6.03 Å². The first kappa shape index (κ1) is 17.3. The second-order valence-corrected chi connectivity index (χ2v) is 6.59. The van der Waals surface area contributed by atoms with Crippen LogP contribution >= 0.6 is 0 Å². The van der Waals surface area contributed by atoms with Gasteiger partial charge in [-0.2, -0.15) is 0 Å². The molecule has 6 nitrogen and oxygen atoms in total. The molecule has 1 atom stereocenters. The number of aryl methyl sites for hydroxylation is 1. The third kappa shape index (κ3) is 2.79. The maximum Gasteiger partial charge on any atom is 0.325 e. The van der Waals surface area contributed by atoms with Gasteiger partial charge in [-0.05, 0) is 48.2 Å². The highest BCUT2D eigenvalue weighted by Gasteiger charge is 2.55. The Hall–Kier alpha value is -3.09. The van der Waals surface area contributed by atoms with E-state index in [9.17, 15) is 14.0 Å². The van der Waals surface area contributed by atoms with Crippen LogP contribution in [-0.2, 0) is 16.8 Å². The molecule has 0 saturated carbocycles. The van der Waals surface area contributed by atoms with Crippen LogP contribution in [0.25, 0.3) is 0 Å². The molecule has 1 unspecified atom stereocenters. The first-order valence-electron chi connectivity index (χ1n) is 8.74. The molecule has 27 heavy (non-hydrogen) atoms. The normalized spacial score (nSPS) is 20.7. The predicted molar refractivity (Wildman–Crippen MR) is 95.1 cm³/mol. The Labute approximate surface area is 155 Å². The molecule has 1 fully saturated rings. The Morgan fingerprint density at radius 1 is 1.22 bits per heavy atom. The monoisotopic (exact) mass is 370 g/mol. The quantitative estimate of drug-likeness (QED) is 0.822. The van der Waals surface area contributed by atoms with Gasteiger partial charge in [-0.1, -0.05) is 18.2 Å². The van der Waals surface area contributed by atoms with Crippen LogP contribution < -0.4 is 14.8 Å². The van der Waals surface area contributed by atoms with Crippen molar-refractivity contribution >= 4 is 11.9 Å². The number of nitrogens with one attached hydrogen (secondary N) is 1. The summed E-state index contributed by atoms with van der Waals surface area (Å²) < 4.78 is 24.3. The number of carbonyl (C=O) groups is 2. The summed E-state index contributed by atoms with van der Waals surface area (Å²) in [7, 11) is 1.56. The highest BCUT2D eigenvalue weighted by Crippen LogP contribution is 2.42. The number of ether oxygens (including phenoxy) is 2. The number of methoxy groups -OCH3 is 1. The molecule has 2 aromatic carbocycles. The van der Waals surface area contributed by atoms with Crippen molar-refractivity contribution in [3.05, 3.63) is 59.4 Å². The van der Waals surface area contributed by atoms with E-state index in [1.165, 1.54) is 12.1 Å². The van der Waals surface area contributed by atoms with Crippen molar-refractivity contribution in [2.75, 3.05) is 20.3 Å². The highest BCUT2D eigenvalue weighted by atomic mass is 19.1. The average molecular weight is 370 g/mol. The highest BCUT2D eigenvalue weighted by molar-refractivity contribution is 6.08. The fourth-order valence-electron chi connectivity index (χ4n) is 3.74. The molecule has 1 N–H and O–H groups in total. The molecule has 1 heterocycles. The first-order valence-corrected chi connectivity index (χ1v) is 8.74. The van der Waals surface area contributed by atoms with Gasteiger partial charge in [-0.25, -0.2) is 9.18 Å². The number of hydrogen-bond donors (Lipinski definition) is 1.